The quantitative estimate of drug-likeness (QED) is 0.674. The Morgan fingerprint density at radius 2 is 1.77 bits per heavy atom. The van der Waals surface area contributed by atoms with Gasteiger partial charge in [-0.15, -0.1) is 0 Å². The first-order chi connectivity index (χ1) is 6.07. The van der Waals surface area contributed by atoms with Gasteiger partial charge in [-0.05, 0) is 38.1 Å². The molecular formula is C9H14F3N. The summed E-state index contributed by atoms with van der Waals surface area (Å²) < 4.78 is 37.1. The number of halogens is 3. The summed E-state index contributed by atoms with van der Waals surface area (Å²) in [5.41, 5.74) is 0. The summed E-state index contributed by atoms with van der Waals surface area (Å²) in [5.74, 6) is -0.524. The maximum Gasteiger partial charge on any atom is 0.391 e. The van der Waals surface area contributed by atoms with Crippen molar-refractivity contribution in [2.45, 2.75) is 37.9 Å². The molecule has 2 rings (SSSR count). The number of hydrogen-bond donors (Lipinski definition) is 1. The summed E-state index contributed by atoms with van der Waals surface area (Å²) in [4.78, 5) is 0. The fraction of sp³-hybridized carbons (Fsp3) is 1.00. The van der Waals surface area contributed by atoms with Gasteiger partial charge in [0.15, 0.2) is 0 Å². The van der Waals surface area contributed by atoms with Crippen molar-refractivity contribution in [2.24, 2.45) is 11.8 Å². The van der Waals surface area contributed by atoms with Crippen molar-refractivity contribution in [2.75, 3.05) is 6.54 Å². The van der Waals surface area contributed by atoms with E-state index in [9.17, 15) is 13.2 Å². The average Bonchev–Trinajstić information content (AvgIpc) is 2.85. The van der Waals surface area contributed by atoms with Crippen LogP contribution in [0.3, 0.4) is 0 Å². The van der Waals surface area contributed by atoms with Gasteiger partial charge in [0.05, 0.1) is 5.92 Å². The molecule has 1 saturated heterocycles. The molecule has 0 bridgehead atoms. The second-order valence-electron chi connectivity index (χ2n) is 4.16. The minimum atomic E-state index is -3.98. The van der Waals surface area contributed by atoms with E-state index >= 15 is 0 Å². The van der Waals surface area contributed by atoms with E-state index in [4.69, 9.17) is 0 Å². The standard InChI is InChI=1S/C9H14F3N/c10-9(11,12)7-3-4-13-8(5-7)6-1-2-6/h6-8,13H,1-5H2. The third-order valence-electron chi connectivity index (χ3n) is 3.09. The number of nitrogens with one attached hydrogen (secondary N) is 1. The number of alkyl halides is 3. The molecule has 1 saturated carbocycles. The van der Waals surface area contributed by atoms with Crippen molar-refractivity contribution >= 4 is 0 Å². The molecule has 2 fully saturated rings. The first-order valence-electron chi connectivity index (χ1n) is 4.87. The first kappa shape index (κ1) is 9.31. The summed E-state index contributed by atoms with van der Waals surface area (Å²) in [6.45, 7) is 0.533. The normalized spacial score (nSPS) is 36.2. The molecule has 2 atom stereocenters. The zero-order valence-electron chi connectivity index (χ0n) is 7.40. The van der Waals surface area contributed by atoms with Crippen LogP contribution in [0.4, 0.5) is 13.2 Å². The molecule has 1 N–H and O–H groups in total. The van der Waals surface area contributed by atoms with E-state index in [0.717, 1.165) is 12.8 Å². The lowest BCUT2D eigenvalue weighted by Crippen LogP contribution is -2.43. The lowest BCUT2D eigenvalue weighted by Gasteiger charge is -2.31. The van der Waals surface area contributed by atoms with Gasteiger partial charge >= 0.3 is 6.18 Å². The van der Waals surface area contributed by atoms with Gasteiger partial charge < -0.3 is 5.32 Å². The number of piperidine rings is 1. The highest BCUT2D eigenvalue weighted by atomic mass is 19.4. The summed E-state index contributed by atoms with van der Waals surface area (Å²) in [5, 5.41) is 3.18. The van der Waals surface area contributed by atoms with Crippen LogP contribution in [-0.4, -0.2) is 18.8 Å². The smallest absolute Gasteiger partial charge is 0.314 e. The van der Waals surface area contributed by atoms with Crippen LogP contribution < -0.4 is 5.32 Å². The van der Waals surface area contributed by atoms with Gasteiger partial charge in [-0.25, -0.2) is 0 Å². The molecule has 13 heavy (non-hydrogen) atoms. The molecule has 76 valence electrons. The second-order valence-corrected chi connectivity index (χ2v) is 4.16. The second kappa shape index (κ2) is 3.15. The van der Waals surface area contributed by atoms with Crippen molar-refractivity contribution in [3.63, 3.8) is 0 Å². The van der Waals surface area contributed by atoms with Crippen LogP contribution in [0.2, 0.25) is 0 Å². The van der Waals surface area contributed by atoms with Gasteiger partial charge in [0.1, 0.15) is 0 Å². The molecule has 2 aliphatic rings. The third kappa shape index (κ3) is 2.16. The maximum atomic E-state index is 12.4. The van der Waals surface area contributed by atoms with Crippen molar-refractivity contribution in [1.82, 2.24) is 5.32 Å². The van der Waals surface area contributed by atoms with Gasteiger partial charge in [-0.1, -0.05) is 0 Å². The highest BCUT2D eigenvalue weighted by molar-refractivity contribution is 4.92. The van der Waals surface area contributed by atoms with Crippen LogP contribution >= 0.6 is 0 Å². The van der Waals surface area contributed by atoms with Crippen LogP contribution in [0.5, 0.6) is 0 Å². The Bertz CT molecular complexity index is 186. The van der Waals surface area contributed by atoms with E-state index in [-0.39, 0.29) is 12.5 Å². The highest BCUT2D eigenvalue weighted by Gasteiger charge is 2.45. The van der Waals surface area contributed by atoms with Crippen molar-refractivity contribution in [3.8, 4) is 0 Å². The molecule has 0 amide bonds. The minimum absolute atomic E-state index is 0.139. The van der Waals surface area contributed by atoms with Gasteiger partial charge in [-0.2, -0.15) is 13.2 Å². The fourth-order valence-electron chi connectivity index (χ4n) is 2.11. The predicted octanol–water partition coefficient (Wildman–Crippen LogP) is 2.33. The van der Waals surface area contributed by atoms with Crippen LogP contribution in [0.1, 0.15) is 25.7 Å². The van der Waals surface area contributed by atoms with E-state index in [2.05, 4.69) is 5.32 Å². The van der Waals surface area contributed by atoms with Crippen LogP contribution in [0.25, 0.3) is 0 Å². The molecule has 4 heteroatoms. The number of rotatable bonds is 1. The molecular weight excluding hydrogens is 179 g/mol. The zero-order valence-corrected chi connectivity index (χ0v) is 7.40. The molecule has 1 nitrogen and oxygen atoms in total. The Hall–Kier alpha value is -0.250. The molecule has 0 radical (unpaired) electrons. The van der Waals surface area contributed by atoms with E-state index in [1.165, 1.54) is 0 Å². The summed E-state index contributed by atoms with van der Waals surface area (Å²) in [6, 6.07) is 0.139. The summed E-state index contributed by atoms with van der Waals surface area (Å²) in [6.07, 6.45) is -1.19. The molecule has 0 aromatic heterocycles. The minimum Gasteiger partial charge on any atom is -0.314 e. The van der Waals surface area contributed by atoms with E-state index in [1.807, 2.05) is 0 Å². The summed E-state index contributed by atoms with van der Waals surface area (Å²) >= 11 is 0. The topological polar surface area (TPSA) is 12.0 Å². The summed E-state index contributed by atoms with van der Waals surface area (Å²) in [7, 11) is 0. The van der Waals surface area contributed by atoms with E-state index in [1.54, 1.807) is 0 Å². The SMILES string of the molecule is FC(F)(F)C1CCNC(C2CC2)C1. The average molecular weight is 193 g/mol. The van der Waals surface area contributed by atoms with E-state index < -0.39 is 12.1 Å². The van der Waals surface area contributed by atoms with Gasteiger partial charge in [0, 0.05) is 6.04 Å². The first-order valence-corrected chi connectivity index (χ1v) is 4.87. The van der Waals surface area contributed by atoms with Gasteiger partial charge in [-0.3, -0.25) is 0 Å². The highest BCUT2D eigenvalue weighted by Crippen LogP contribution is 2.41. The molecule has 1 aliphatic heterocycles. The monoisotopic (exact) mass is 193 g/mol. The Morgan fingerprint density at radius 1 is 1.08 bits per heavy atom. The third-order valence-corrected chi connectivity index (χ3v) is 3.09. The Kier molecular flexibility index (Phi) is 2.26. The fourth-order valence-corrected chi connectivity index (χ4v) is 2.11. The largest absolute Gasteiger partial charge is 0.391 e. The van der Waals surface area contributed by atoms with Crippen molar-refractivity contribution in [1.29, 1.82) is 0 Å². The lowest BCUT2D eigenvalue weighted by molar-refractivity contribution is -0.183. The zero-order chi connectivity index (χ0) is 9.47. The van der Waals surface area contributed by atoms with Crippen LogP contribution in [-0.2, 0) is 0 Å². The molecule has 0 aromatic carbocycles. The molecule has 1 aliphatic carbocycles. The predicted molar refractivity (Wildman–Crippen MR) is 43.3 cm³/mol. The van der Waals surface area contributed by atoms with Crippen molar-refractivity contribution in [3.05, 3.63) is 0 Å². The van der Waals surface area contributed by atoms with Gasteiger partial charge in [0.25, 0.3) is 0 Å². The van der Waals surface area contributed by atoms with Crippen molar-refractivity contribution < 1.29 is 13.2 Å². The Balaban J connectivity index is 1.91. The number of hydrogen-bond acceptors (Lipinski definition) is 1. The molecule has 1 heterocycles. The van der Waals surface area contributed by atoms with Gasteiger partial charge in [0.2, 0.25) is 0 Å². The molecule has 0 spiro atoms. The maximum absolute atomic E-state index is 12.4. The molecule has 2 unspecified atom stereocenters. The van der Waals surface area contributed by atoms with Crippen LogP contribution in [0, 0.1) is 11.8 Å². The lowest BCUT2D eigenvalue weighted by atomic mass is 9.90. The van der Waals surface area contributed by atoms with Crippen LogP contribution in [0.15, 0.2) is 0 Å². The Morgan fingerprint density at radius 3 is 2.31 bits per heavy atom. The molecule has 0 aromatic rings. The Labute approximate surface area is 75.7 Å². The van der Waals surface area contributed by atoms with E-state index in [0.29, 0.717) is 18.9 Å².